The summed E-state index contributed by atoms with van der Waals surface area (Å²) < 4.78 is 20.9. The maximum absolute atomic E-state index is 14.9. The standard InChI is InChI=1S/C57H76N8O11/c1-31(2)29-62-22-17-57(18-23-62)60-45-42-43-50(70)37(8)53-44(42)54(72)56(9,76-53)74-27-11-14-33(4)52(75-41(67)28-40(66)64-20-15-38(16-21-64)65-26-25-63-24-19-58-39(63)30-65)36(7)49(69)35(6)48(68)32(3)12-10-13-34(5)55(73)59-47(51(43)71)46(45)61-57/h10-13,19,24,27,31-33,35-36,38,48-49,52,60,68-71H,14-18,20-23,25-26,28-30H2,1-9H3/b12-10+,27-11+,34-13-,59-47?/t32-,33+,35+,36+,48-,49+,52+,56-/m0/s1. The Morgan fingerprint density at radius 2 is 1.66 bits per heavy atom. The van der Waals surface area contributed by atoms with Gasteiger partial charge in [-0.15, -0.1) is 0 Å². The van der Waals surface area contributed by atoms with Gasteiger partial charge >= 0.3 is 11.8 Å². The number of piperidine rings is 2. The fourth-order valence-electron chi connectivity index (χ4n) is 12.2. The number of amides is 2. The molecule has 2 amide bonds. The summed E-state index contributed by atoms with van der Waals surface area (Å²) in [4.78, 5) is 77.0. The highest BCUT2D eigenvalue weighted by molar-refractivity contribution is 6.21. The molecule has 0 aliphatic carbocycles. The number of ketones is 1. The molecule has 0 unspecified atom stereocenters. The van der Waals surface area contributed by atoms with Gasteiger partial charge in [-0.25, -0.2) is 9.98 Å². The summed E-state index contributed by atoms with van der Waals surface area (Å²) in [5.41, 5.74) is -0.135. The number of aromatic nitrogens is 2. The summed E-state index contributed by atoms with van der Waals surface area (Å²) in [5, 5.41) is 51.4. The van der Waals surface area contributed by atoms with Gasteiger partial charge in [0.1, 0.15) is 46.2 Å². The summed E-state index contributed by atoms with van der Waals surface area (Å²) >= 11 is 0. The van der Waals surface area contributed by atoms with Crippen LogP contribution in [0.25, 0.3) is 10.8 Å². The van der Waals surface area contributed by atoms with Crippen LogP contribution in [0, 0.1) is 36.5 Å². The second-order valence-corrected chi connectivity index (χ2v) is 22.9. The Morgan fingerprint density at radius 1 is 0.934 bits per heavy atom. The number of esters is 1. The number of allylic oxidation sites excluding steroid dienone is 3. The Bertz CT molecular complexity index is 2990. The van der Waals surface area contributed by atoms with Gasteiger partial charge in [0.05, 0.1) is 41.7 Å². The van der Waals surface area contributed by atoms with Gasteiger partial charge < -0.3 is 54.3 Å². The highest BCUT2D eigenvalue weighted by Crippen LogP contribution is 2.51. The highest BCUT2D eigenvalue weighted by Gasteiger charge is 2.51. The van der Waals surface area contributed by atoms with Crippen LogP contribution in [0.4, 0.5) is 5.69 Å². The van der Waals surface area contributed by atoms with E-state index in [-0.39, 0.29) is 62.0 Å². The molecule has 5 N–H and O–H groups in total. The Kier molecular flexibility index (Phi) is 15.6. The predicted molar refractivity (Wildman–Crippen MR) is 283 cm³/mol. The second-order valence-electron chi connectivity index (χ2n) is 22.9. The van der Waals surface area contributed by atoms with Crippen LogP contribution in [0.3, 0.4) is 0 Å². The number of Topliss-reactive ketones (excluding diaryl/α,β-unsaturated/α-hetero) is 1. The third-order valence-electron chi connectivity index (χ3n) is 16.9. The lowest BCUT2D eigenvalue weighted by atomic mass is 9.79. The van der Waals surface area contributed by atoms with E-state index >= 15 is 0 Å². The zero-order chi connectivity index (χ0) is 54.5. The summed E-state index contributed by atoms with van der Waals surface area (Å²) in [6.07, 6.45) is 10.9. The molecular formula is C57H76N8O11. The molecule has 7 aliphatic rings. The maximum Gasteiger partial charge on any atom is 0.315 e. The molecule has 410 valence electrons. The molecule has 5 bridgehead atoms. The molecule has 19 heteroatoms. The third kappa shape index (κ3) is 10.5. The molecule has 0 saturated carbocycles. The van der Waals surface area contributed by atoms with Crippen LogP contribution in [-0.4, -0.2) is 143 Å². The lowest BCUT2D eigenvalue weighted by Crippen LogP contribution is -2.49. The number of rotatable bonds is 6. The van der Waals surface area contributed by atoms with Crippen LogP contribution in [0.15, 0.2) is 58.5 Å². The van der Waals surface area contributed by atoms with Gasteiger partial charge in [-0.1, -0.05) is 59.8 Å². The zero-order valence-corrected chi connectivity index (χ0v) is 45.4. The fraction of sp³-hybridized carbons (Fsp3) is 0.596. The van der Waals surface area contributed by atoms with E-state index in [0.717, 1.165) is 44.8 Å². The van der Waals surface area contributed by atoms with E-state index in [2.05, 4.69) is 43.5 Å². The number of aliphatic hydroxyl groups excluding tert-OH is 2. The fourth-order valence-corrected chi connectivity index (χ4v) is 12.2. The number of ether oxygens (including phenoxy) is 3. The van der Waals surface area contributed by atoms with Crippen molar-refractivity contribution in [1.82, 2.24) is 24.3 Å². The number of nitrogens with zero attached hydrogens (tertiary/aromatic N) is 7. The summed E-state index contributed by atoms with van der Waals surface area (Å²) in [7, 11) is 0. The number of carbonyl (C=O) groups is 4. The van der Waals surface area contributed by atoms with Crippen molar-refractivity contribution in [2.75, 3.05) is 44.6 Å². The molecule has 76 heavy (non-hydrogen) atoms. The average molecular weight is 1050 g/mol. The van der Waals surface area contributed by atoms with E-state index in [1.54, 1.807) is 63.8 Å². The number of carbonyl (C=O) groups excluding carboxylic acids is 4. The first-order chi connectivity index (χ1) is 36.1. The topological polar surface area (TPSA) is 241 Å². The number of hydrogen-bond acceptors (Lipinski definition) is 16. The van der Waals surface area contributed by atoms with Crippen LogP contribution in [0.5, 0.6) is 17.2 Å². The number of anilines is 1. The lowest BCUT2D eigenvalue weighted by molar-refractivity contribution is -0.162. The summed E-state index contributed by atoms with van der Waals surface area (Å²) in [6, 6.07) is 0.300. The van der Waals surface area contributed by atoms with Crippen molar-refractivity contribution in [3.8, 4) is 17.2 Å². The van der Waals surface area contributed by atoms with Crippen LogP contribution in [0.1, 0.15) is 116 Å². The smallest absolute Gasteiger partial charge is 0.315 e. The molecule has 8 heterocycles. The number of imidazole rings is 1. The van der Waals surface area contributed by atoms with Crippen molar-refractivity contribution in [3.05, 3.63) is 76.2 Å². The van der Waals surface area contributed by atoms with Gasteiger partial charge in [-0.2, -0.15) is 0 Å². The molecule has 2 saturated heterocycles. The molecule has 10 rings (SSSR count). The van der Waals surface area contributed by atoms with Gasteiger partial charge in [-0.05, 0) is 51.0 Å². The minimum atomic E-state index is -1.95. The lowest BCUT2D eigenvalue weighted by Gasteiger charge is -2.40. The number of aliphatic hydroxyl groups is 2. The van der Waals surface area contributed by atoms with Gasteiger partial charge in [0.15, 0.2) is 5.75 Å². The van der Waals surface area contributed by atoms with Crippen LogP contribution >= 0.6 is 0 Å². The molecule has 7 aliphatic heterocycles. The van der Waals surface area contributed by atoms with Gasteiger partial charge in [0, 0.05) is 118 Å². The number of likely N-dealkylation sites (tertiary alicyclic amines) is 2. The van der Waals surface area contributed by atoms with E-state index in [1.807, 2.05) is 19.3 Å². The zero-order valence-electron chi connectivity index (χ0n) is 45.4. The quantitative estimate of drug-likeness (QED) is 0.121. The number of phenols is 2. The SMILES string of the molecule is C/C1=C/C=C/[C@H](C)[C@H](O)[C@@H](C)[C@@H](O)[C@@H](C)[C@H](OC(=O)CC(=O)N2CCC(N3CCn4ccnc4C3)CC2)[C@H](C)C/C=C/O[C@@]2(C)Oc3c(C)c(O)c4c(O)c(c5c(c4c3C2=O)NC2(CCN(CC(C)C)CC2)N=5)=NC1=O. The first-order valence-corrected chi connectivity index (χ1v) is 27.2. The first kappa shape index (κ1) is 54.6. The normalized spacial score (nSPS) is 30.2. The van der Waals surface area contributed by atoms with Gasteiger partial charge in [0.2, 0.25) is 5.91 Å². The van der Waals surface area contributed by atoms with Crippen LogP contribution in [-0.2, 0) is 36.9 Å². The summed E-state index contributed by atoms with van der Waals surface area (Å²) in [6.45, 7) is 21.9. The van der Waals surface area contributed by atoms with Crippen LogP contribution < -0.4 is 20.8 Å². The Balaban J connectivity index is 1.00. The number of hydrogen-bond donors (Lipinski definition) is 5. The Morgan fingerprint density at radius 3 is 2.37 bits per heavy atom. The number of aromatic hydroxyl groups is 2. The Labute approximate surface area is 444 Å². The third-order valence-corrected chi connectivity index (χ3v) is 16.9. The van der Waals surface area contributed by atoms with Gasteiger partial charge in [-0.3, -0.25) is 29.1 Å². The van der Waals surface area contributed by atoms with Crippen molar-refractivity contribution in [1.29, 1.82) is 0 Å². The average Bonchev–Trinajstić information content (AvgIpc) is 4.30. The molecule has 2 aromatic carbocycles. The van der Waals surface area contributed by atoms with Crippen molar-refractivity contribution in [3.63, 3.8) is 0 Å². The van der Waals surface area contributed by atoms with E-state index in [1.165, 1.54) is 13.2 Å². The number of nitrogens with one attached hydrogen (secondary N) is 1. The van der Waals surface area contributed by atoms with Crippen molar-refractivity contribution in [2.45, 2.75) is 150 Å². The predicted octanol–water partition coefficient (Wildman–Crippen LogP) is 5.20. The van der Waals surface area contributed by atoms with Gasteiger partial charge in [0.25, 0.3) is 11.7 Å². The number of fused-ring (bicyclic) bond motifs is 14. The van der Waals surface area contributed by atoms with E-state index in [0.29, 0.717) is 56.7 Å². The molecule has 0 radical (unpaired) electrons. The minimum Gasteiger partial charge on any atom is -0.507 e. The van der Waals surface area contributed by atoms with E-state index < -0.39 is 83.3 Å². The molecule has 1 spiro atoms. The number of benzene rings is 2. The van der Waals surface area contributed by atoms with E-state index in [9.17, 15) is 39.6 Å². The highest BCUT2D eigenvalue weighted by atomic mass is 16.7. The van der Waals surface area contributed by atoms with Crippen molar-refractivity contribution in [2.24, 2.45) is 39.6 Å². The number of phenolic OH excluding ortho intramolecular Hbond substituents is 2. The van der Waals surface area contributed by atoms with Crippen molar-refractivity contribution < 1.29 is 53.8 Å². The van der Waals surface area contributed by atoms with Crippen LogP contribution in [0.2, 0.25) is 0 Å². The first-order valence-electron chi connectivity index (χ1n) is 27.2. The molecule has 3 aromatic rings. The van der Waals surface area contributed by atoms with Crippen molar-refractivity contribution >= 4 is 40.0 Å². The summed E-state index contributed by atoms with van der Waals surface area (Å²) in [5.74, 6) is -6.11. The second kappa shape index (κ2) is 21.7. The van der Waals surface area contributed by atoms with E-state index in [4.69, 9.17) is 19.2 Å². The molecular weight excluding hydrogens is 973 g/mol. The minimum absolute atomic E-state index is 0.0568. The monoisotopic (exact) mass is 1050 g/mol. The molecule has 8 atom stereocenters. The molecule has 19 nitrogen and oxygen atoms in total. The maximum atomic E-state index is 14.9. The Hall–Kier alpha value is -6.15. The largest absolute Gasteiger partial charge is 0.507 e. The molecule has 1 aromatic heterocycles. The molecule has 2 fully saturated rings.